The van der Waals surface area contributed by atoms with Crippen LogP contribution in [0.15, 0.2) is 51.8 Å². The number of nitrogens with one attached hydrogen (secondary N) is 1. The third kappa shape index (κ3) is 3.55. The van der Waals surface area contributed by atoms with Gasteiger partial charge in [-0.2, -0.15) is 8.42 Å². The van der Waals surface area contributed by atoms with Gasteiger partial charge in [-0.3, -0.25) is 4.79 Å². The summed E-state index contributed by atoms with van der Waals surface area (Å²) < 4.78 is 40.8. The van der Waals surface area contributed by atoms with E-state index in [0.29, 0.717) is 48.8 Å². The number of nitrogens with zero attached hydrogens (tertiary/aromatic N) is 2. The zero-order valence-corrected chi connectivity index (χ0v) is 18.9. The molecule has 1 saturated carbocycles. The lowest BCUT2D eigenvalue weighted by Crippen LogP contribution is -2.41. The SMILES string of the molecule is O=C(Nc1ccc2c(c1)OC1(CCCC1)O2)C1CCN(C2=NS(=O)(=O)c3ccccc32)CC1. The number of carbonyl (C=O) groups excluding carboxylic acids is 1. The Hall–Kier alpha value is -3.07. The first-order valence-corrected chi connectivity index (χ1v) is 12.9. The molecule has 0 aromatic heterocycles. The Labute approximate surface area is 192 Å². The number of sulfonamides is 1. The molecule has 0 atom stereocenters. The Bertz CT molecular complexity index is 1260. The molecule has 1 spiro atoms. The lowest BCUT2D eigenvalue weighted by molar-refractivity contribution is -0.120. The number of anilines is 1. The highest BCUT2D eigenvalue weighted by molar-refractivity contribution is 7.90. The van der Waals surface area contributed by atoms with Crippen molar-refractivity contribution in [2.75, 3.05) is 18.4 Å². The number of piperidine rings is 1. The van der Waals surface area contributed by atoms with Crippen LogP contribution >= 0.6 is 0 Å². The van der Waals surface area contributed by atoms with Crippen LogP contribution in [-0.2, 0) is 14.8 Å². The summed E-state index contributed by atoms with van der Waals surface area (Å²) in [5.41, 5.74) is 1.33. The Morgan fingerprint density at radius 2 is 1.76 bits per heavy atom. The molecule has 172 valence electrons. The third-order valence-electron chi connectivity index (χ3n) is 6.95. The van der Waals surface area contributed by atoms with Gasteiger partial charge in [-0.15, -0.1) is 4.40 Å². The van der Waals surface area contributed by atoms with Crippen molar-refractivity contribution in [2.24, 2.45) is 10.3 Å². The number of amidine groups is 1. The maximum absolute atomic E-state index is 12.9. The summed E-state index contributed by atoms with van der Waals surface area (Å²) in [4.78, 5) is 15.1. The van der Waals surface area contributed by atoms with E-state index in [9.17, 15) is 13.2 Å². The minimum absolute atomic E-state index is 0.0366. The number of amides is 1. The molecule has 9 heteroatoms. The van der Waals surface area contributed by atoms with E-state index < -0.39 is 15.8 Å². The van der Waals surface area contributed by atoms with E-state index in [0.717, 1.165) is 31.4 Å². The summed E-state index contributed by atoms with van der Waals surface area (Å²) in [6.07, 6.45) is 5.22. The van der Waals surface area contributed by atoms with E-state index in [4.69, 9.17) is 9.47 Å². The molecule has 0 radical (unpaired) electrons. The average molecular weight is 468 g/mol. The average Bonchev–Trinajstić information content (AvgIpc) is 3.49. The Morgan fingerprint density at radius 1 is 1.03 bits per heavy atom. The Morgan fingerprint density at radius 3 is 2.55 bits per heavy atom. The van der Waals surface area contributed by atoms with Gasteiger partial charge in [0.25, 0.3) is 15.8 Å². The second-order valence-electron chi connectivity index (χ2n) is 9.12. The molecule has 33 heavy (non-hydrogen) atoms. The predicted molar refractivity (Wildman–Crippen MR) is 122 cm³/mol. The van der Waals surface area contributed by atoms with E-state index >= 15 is 0 Å². The van der Waals surface area contributed by atoms with Crippen molar-refractivity contribution in [3.05, 3.63) is 48.0 Å². The smallest absolute Gasteiger partial charge is 0.285 e. The van der Waals surface area contributed by atoms with Crippen molar-refractivity contribution < 1.29 is 22.7 Å². The molecule has 3 heterocycles. The molecule has 8 nitrogen and oxygen atoms in total. The fourth-order valence-electron chi connectivity index (χ4n) is 5.20. The summed E-state index contributed by atoms with van der Waals surface area (Å²) in [5.74, 6) is 1.19. The minimum Gasteiger partial charge on any atom is -0.448 e. The van der Waals surface area contributed by atoms with Crippen molar-refractivity contribution in [1.29, 1.82) is 0 Å². The standard InChI is InChI=1S/C24H25N3O5S/c28-23(25-17-7-8-19-20(15-17)32-24(31-19)11-3-4-12-24)16-9-13-27(14-10-16)22-18-5-1-2-6-21(18)33(29,30)26-22/h1-2,5-8,15-16H,3-4,9-14H2,(H,25,28). The normalized spacial score (nSPS) is 22.3. The van der Waals surface area contributed by atoms with Crippen molar-refractivity contribution >= 4 is 27.5 Å². The van der Waals surface area contributed by atoms with Crippen LogP contribution in [-0.4, -0.2) is 43.9 Å². The van der Waals surface area contributed by atoms with Gasteiger partial charge in [0.1, 0.15) is 4.90 Å². The largest absolute Gasteiger partial charge is 0.448 e. The van der Waals surface area contributed by atoms with Crippen molar-refractivity contribution in [1.82, 2.24) is 4.90 Å². The van der Waals surface area contributed by atoms with Crippen LogP contribution in [0.4, 0.5) is 5.69 Å². The lowest BCUT2D eigenvalue weighted by Gasteiger charge is -2.32. The molecule has 1 saturated heterocycles. The van der Waals surface area contributed by atoms with Gasteiger partial charge in [-0.05, 0) is 49.9 Å². The third-order valence-corrected chi connectivity index (χ3v) is 8.27. The second-order valence-corrected chi connectivity index (χ2v) is 10.7. The van der Waals surface area contributed by atoms with Crippen LogP contribution in [0.2, 0.25) is 0 Å². The topological polar surface area (TPSA) is 97.3 Å². The van der Waals surface area contributed by atoms with Crippen LogP contribution in [0.5, 0.6) is 11.5 Å². The molecule has 0 unspecified atom stereocenters. The van der Waals surface area contributed by atoms with Gasteiger partial charge in [0.05, 0.1) is 0 Å². The molecule has 3 aliphatic heterocycles. The van der Waals surface area contributed by atoms with Gasteiger partial charge >= 0.3 is 0 Å². The minimum atomic E-state index is -3.64. The molecule has 2 fully saturated rings. The van der Waals surface area contributed by atoms with E-state index in [1.165, 1.54) is 0 Å². The zero-order valence-electron chi connectivity index (χ0n) is 18.1. The number of fused-ring (bicyclic) bond motifs is 2. The molecule has 1 aliphatic carbocycles. The maximum atomic E-state index is 12.9. The van der Waals surface area contributed by atoms with Crippen LogP contribution in [0.25, 0.3) is 0 Å². The molecule has 0 bridgehead atoms. The number of rotatable bonds is 2. The molecule has 4 aliphatic rings. The first-order valence-electron chi connectivity index (χ1n) is 11.4. The fraction of sp³-hybridized carbons (Fsp3) is 0.417. The number of hydrogen-bond donors (Lipinski definition) is 1. The number of likely N-dealkylation sites (tertiary alicyclic amines) is 1. The Balaban J connectivity index is 1.10. The molecule has 2 aromatic rings. The van der Waals surface area contributed by atoms with Crippen molar-refractivity contribution in [3.63, 3.8) is 0 Å². The zero-order chi connectivity index (χ0) is 22.6. The van der Waals surface area contributed by atoms with E-state index in [2.05, 4.69) is 9.71 Å². The summed E-state index contributed by atoms with van der Waals surface area (Å²) in [6.45, 7) is 1.15. The summed E-state index contributed by atoms with van der Waals surface area (Å²) in [6, 6.07) is 12.4. The lowest BCUT2D eigenvalue weighted by atomic mass is 9.95. The highest BCUT2D eigenvalue weighted by atomic mass is 32.2. The van der Waals surface area contributed by atoms with Gasteiger partial charge in [-0.1, -0.05) is 12.1 Å². The molecular weight excluding hydrogens is 442 g/mol. The molecule has 1 N–H and O–H groups in total. The quantitative estimate of drug-likeness (QED) is 0.726. The fourth-order valence-corrected chi connectivity index (χ4v) is 6.43. The predicted octanol–water partition coefficient (Wildman–Crippen LogP) is 3.53. The van der Waals surface area contributed by atoms with Crippen molar-refractivity contribution in [3.8, 4) is 11.5 Å². The number of hydrogen-bond acceptors (Lipinski definition) is 6. The molecule has 6 rings (SSSR count). The van der Waals surface area contributed by atoms with Gasteiger partial charge < -0.3 is 19.7 Å². The van der Waals surface area contributed by atoms with E-state index in [1.54, 1.807) is 18.2 Å². The highest BCUT2D eigenvalue weighted by Gasteiger charge is 2.44. The second kappa shape index (κ2) is 7.48. The first-order chi connectivity index (χ1) is 15.9. The van der Waals surface area contributed by atoms with Crippen LogP contribution in [0.3, 0.4) is 0 Å². The van der Waals surface area contributed by atoms with Crippen LogP contribution < -0.4 is 14.8 Å². The molecule has 2 aromatic carbocycles. The number of ether oxygens (including phenoxy) is 2. The monoisotopic (exact) mass is 467 g/mol. The van der Waals surface area contributed by atoms with Crippen LogP contribution in [0.1, 0.15) is 44.1 Å². The Kier molecular flexibility index (Phi) is 4.65. The van der Waals surface area contributed by atoms with Crippen LogP contribution in [0, 0.1) is 5.92 Å². The van der Waals surface area contributed by atoms with Gasteiger partial charge in [0.15, 0.2) is 17.3 Å². The summed E-state index contributed by atoms with van der Waals surface area (Å²) in [5, 5.41) is 3.01. The summed E-state index contributed by atoms with van der Waals surface area (Å²) in [7, 11) is -3.64. The van der Waals surface area contributed by atoms with Gasteiger partial charge in [-0.25, -0.2) is 0 Å². The van der Waals surface area contributed by atoms with E-state index in [-0.39, 0.29) is 16.7 Å². The number of benzene rings is 2. The van der Waals surface area contributed by atoms with E-state index in [1.807, 2.05) is 29.2 Å². The molecule has 1 amide bonds. The summed E-state index contributed by atoms with van der Waals surface area (Å²) >= 11 is 0. The maximum Gasteiger partial charge on any atom is 0.285 e. The number of carbonyl (C=O) groups is 1. The van der Waals surface area contributed by atoms with Crippen molar-refractivity contribution in [2.45, 2.75) is 49.2 Å². The van der Waals surface area contributed by atoms with Gasteiger partial charge in [0, 0.05) is 49.2 Å². The van der Waals surface area contributed by atoms with Gasteiger partial charge in [0.2, 0.25) is 5.91 Å². The first kappa shape index (κ1) is 20.5. The molecular formula is C24H25N3O5S. The highest BCUT2D eigenvalue weighted by Crippen LogP contribution is 2.47.